The van der Waals surface area contributed by atoms with E-state index in [1.54, 1.807) is 18.2 Å². The molecule has 1 rings (SSSR count). The molecule has 7 heteroatoms. The van der Waals surface area contributed by atoms with E-state index in [-0.39, 0.29) is 98.5 Å². The first-order chi connectivity index (χ1) is 8.68. The fraction of sp³-hybridized carbons (Fsp3) is 0.429. The van der Waals surface area contributed by atoms with Crippen molar-refractivity contribution in [1.29, 1.82) is 0 Å². The number of benzene rings is 1. The van der Waals surface area contributed by atoms with Crippen LogP contribution >= 0.6 is 0 Å². The van der Waals surface area contributed by atoms with Gasteiger partial charge in [-0.05, 0) is 22.1 Å². The van der Waals surface area contributed by atoms with Gasteiger partial charge in [0.25, 0.3) is 0 Å². The zero-order valence-corrected chi connectivity index (χ0v) is 11.3. The summed E-state index contributed by atoms with van der Waals surface area (Å²) in [6.45, 7) is 6.17. The number of aliphatic carboxylic acids is 2. The molecule has 0 radical (unpaired) electrons. The third-order valence-corrected chi connectivity index (χ3v) is 3.03. The minimum atomic E-state index is -1.58. The Bertz CT molecular complexity index is 500. The van der Waals surface area contributed by atoms with Crippen LogP contribution in [-0.4, -0.2) is 103 Å². The Kier molecular flexibility index (Phi) is 11.2. The predicted molar refractivity (Wildman–Crippen MR) is 85.3 cm³/mol. The van der Waals surface area contributed by atoms with Gasteiger partial charge in [0.15, 0.2) is 5.92 Å². The molecule has 0 atom stereocenters. The number of carbonyl (C=O) groups is 2. The van der Waals surface area contributed by atoms with Gasteiger partial charge in [-0.2, -0.15) is 0 Å². The van der Waals surface area contributed by atoms with Crippen LogP contribution in [0.15, 0.2) is 18.2 Å². The van der Waals surface area contributed by atoms with E-state index in [0.29, 0.717) is 5.56 Å². The first-order valence-electron chi connectivity index (χ1n) is 5.97. The summed E-state index contributed by atoms with van der Waals surface area (Å²) >= 11 is 0. The van der Waals surface area contributed by atoms with Gasteiger partial charge in [-0.1, -0.05) is 39.0 Å². The van der Waals surface area contributed by atoms with Crippen LogP contribution in [0.25, 0.3) is 0 Å². The Hall–Kier alpha value is 0.756. The van der Waals surface area contributed by atoms with Crippen LogP contribution in [-0.2, 0) is 21.5 Å². The zero-order valence-electron chi connectivity index (χ0n) is 11.3. The van der Waals surface area contributed by atoms with Gasteiger partial charge in [-0.15, -0.1) is 0 Å². The SMILES string of the molecule is CC(C)(C)c1ccc(C(C(=O)O)C(=O)O)c(CN)c1.[KH].[NaH]. The van der Waals surface area contributed by atoms with Gasteiger partial charge in [0.2, 0.25) is 0 Å². The van der Waals surface area contributed by atoms with Gasteiger partial charge in [-0.3, -0.25) is 9.59 Å². The molecule has 0 spiro atoms. The molecule has 5 nitrogen and oxygen atoms in total. The molecule has 0 saturated carbocycles. The summed E-state index contributed by atoms with van der Waals surface area (Å²) in [5.41, 5.74) is 7.30. The fourth-order valence-corrected chi connectivity index (χ4v) is 1.90. The molecule has 0 fully saturated rings. The van der Waals surface area contributed by atoms with Gasteiger partial charge in [0.1, 0.15) is 0 Å². The van der Waals surface area contributed by atoms with Crippen LogP contribution in [0, 0.1) is 0 Å². The third kappa shape index (κ3) is 6.41. The normalized spacial score (nSPS) is 10.5. The molecule has 0 aliphatic carbocycles. The van der Waals surface area contributed by atoms with Crippen molar-refractivity contribution >= 4 is 92.9 Å². The van der Waals surface area contributed by atoms with Gasteiger partial charge < -0.3 is 15.9 Å². The quantitative estimate of drug-likeness (QED) is 0.548. The second kappa shape index (κ2) is 9.80. The maximum absolute atomic E-state index is 11.1. The Balaban J connectivity index is 0. The molecule has 1 aromatic rings. The van der Waals surface area contributed by atoms with E-state index in [1.807, 2.05) is 20.8 Å². The number of carboxylic acid groups (broad SMARTS) is 2. The standard InChI is InChI=1S/C14H19NO4.K.Na.2H/c1-14(2,3)9-4-5-10(8(6-9)7-15)11(12(16)17)13(18)19;;;;/h4-6,11H,7,15H2,1-3H3,(H,16,17)(H,18,19);;;;. The van der Waals surface area contributed by atoms with Crippen molar-refractivity contribution in [2.24, 2.45) is 5.73 Å². The molecular formula is C14H21KNNaO4. The Morgan fingerprint density at radius 2 is 1.67 bits per heavy atom. The Labute approximate surface area is 189 Å². The van der Waals surface area contributed by atoms with Crippen LogP contribution in [0.1, 0.15) is 43.4 Å². The number of rotatable bonds is 4. The van der Waals surface area contributed by atoms with Crippen LogP contribution in [0.2, 0.25) is 0 Å². The van der Waals surface area contributed by atoms with Crippen molar-refractivity contribution in [1.82, 2.24) is 0 Å². The third-order valence-electron chi connectivity index (χ3n) is 3.03. The molecular weight excluding hydrogens is 308 g/mol. The van der Waals surface area contributed by atoms with Crippen molar-refractivity contribution in [3.8, 4) is 0 Å². The number of nitrogens with two attached hydrogens (primary N) is 1. The first-order valence-corrected chi connectivity index (χ1v) is 5.97. The van der Waals surface area contributed by atoms with Crippen LogP contribution in [0.4, 0.5) is 0 Å². The van der Waals surface area contributed by atoms with Crippen LogP contribution in [0.3, 0.4) is 0 Å². The van der Waals surface area contributed by atoms with Crippen LogP contribution < -0.4 is 5.73 Å². The molecule has 0 aromatic heterocycles. The van der Waals surface area contributed by atoms with Crippen LogP contribution in [0.5, 0.6) is 0 Å². The van der Waals surface area contributed by atoms with Crippen molar-refractivity contribution in [2.75, 3.05) is 0 Å². The van der Waals surface area contributed by atoms with Crippen molar-refractivity contribution in [3.63, 3.8) is 0 Å². The second-order valence-corrected chi connectivity index (χ2v) is 5.48. The first kappa shape index (κ1) is 24.0. The Morgan fingerprint density at radius 1 is 1.19 bits per heavy atom. The van der Waals surface area contributed by atoms with E-state index in [4.69, 9.17) is 15.9 Å². The zero-order chi connectivity index (χ0) is 14.8. The monoisotopic (exact) mass is 329 g/mol. The molecule has 0 aliphatic rings. The maximum atomic E-state index is 11.1. The molecule has 0 unspecified atom stereocenters. The fourth-order valence-electron chi connectivity index (χ4n) is 1.90. The number of carboxylic acids is 2. The molecule has 108 valence electrons. The van der Waals surface area contributed by atoms with Gasteiger partial charge in [-0.25, -0.2) is 0 Å². The summed E-state index contributed by atoms with van der Waals surface area (Å²) in [6, 6.07) is 5.09. The molecule has 0 bridgehead atoms. The van der Waals surface area contributed by atoms with E-state index >= 15 is 0 Å². The average molecular weight is 329 g/mol. The molecule has 4 N–H and O–H groups in total. The molecule has 1 aromatic carbocycles. The summed E-state index contributed by atoms with van der Waals surface area (Å²) in [5, 5.41) is 18.0. The van der Waals surface area contributed by atoms with E-state index in [0.717, 1.165) is 5.56 Å². The predicted octanol–water partition coefficient (Wildman–Crippen LogP) is 0.399. The second-order valence-electron chi connectivity index (χ2n) is 5.48. The topological polar surface area (TPSA) is 101 Å². The van der Waals surface area contributed by atoms with E-state index in [1.165, 1.54) is 0 Å². The van der Waals surface area contributed by atoms with E-state index in [2.05, 4.69) is 0 Å². The molecule has 0 amide bonds. The number of hydrogen-bond donors (Lipinski definition) is 3. The van der Waals surface area contributed by atoms with Crippen molar-refractivity contribution < 1.29 is 19.8 Å². The number of hydrogen-bond acceptors (Lipinski definition) is 3. The summed E-state index contributed by atoms with van der Waals surface area (Å²) < 4.78 is 0. The molecule has 0 saturated heterocycles. The molecule has 21 heavy (non-hydrogen) atoms. The van der Waals surface area contributed by atoms with E-state index < -0.39 is 17.9 Å². The summed E-state index contributed by atoms with van der Waals surface area (Å²) in [7, 11) is 0. The molecule has 0 heterocycles. The van der Waals surface area contributed by atoms with Crippen molar-refractivity contribution in [2.45, 2.75) is 38.6 Å². The minimum absolute atomic E-state index is 0. The summed E-state index contributed by atoms with van der Waals surface area (Å²) in [5.74, 6) is -4.34. The van der Waals surface area contributed by atoms with E-state index in [9.17, 15) is 9.59 Å². The summed E-state index contributed by atoms with van der Waals surface area (Å²) in [4.78, 5) is 22.1. The average Bonchev–Trinajstić information content (AvgIpc) is 2.27. The van der Waals surface area contributed by atoms with Crippen molar-refractivity contribution in [3.05, 3.63) is 34.9 Å². The van der Waals surface area contributed by atoms with Gasteiger partial charge >= 0.3 is 92.9 Å². The van der Waals surface area contributed by atoms with Gasteiger partial charge in [0, 0.05) is 6.54 Å². The Morgan fingerprint density at radius 3 is 2.00 bits per heavy atom. The van der Waals surface area contributed by atoms with Gasteiger partial charge in [0.05, 0.1) is 0 Å². The summed E-state index contributed by atoms with van der Waals surface area (Å²) in [6.07, 6.45) is 0. The molecule has 0 aliphatic heterocycles.